The Balaban J connectivity index is 1.43. The van der Waals surface area contributed by atoms with E-state index in [0.29, 0.717) is 28.8 Å². The van der Waals surface area contributed by atoms with E-state index >= 15 is 0 Å². The molecule has 0 aliphatic carbocycles. The molecule has 8 heteroatoms. The smallest absolute Gasteiger partial charge is 0.291 e. The van der Waals surface area contributed by atoms with Gasteiger partial charge in [-0.1, -0.05) is 35.9 Å². The summed E-state index contributed by atoms with van der Waals surface area (Å²) in [6.07, 6.45) is 0. The Morgan fingerprint density at radius 1 is 1.12 bits per heavy atom. The van der Waals surface area contributed by atoms with Gasteiger partial charge in [0.05, 0.1) is 35.8 Å². The maximum Gasteiger partial charge on any atom is 0.291 e. The number of aromatic nitrogens is 2. The molecule has 4 rings (SSSR count). The molecule has 2 aromatic carbocycles. The predicted molar refractivity (Wildman–Crippen MR) is 131 cm³/mol. The molecule has 0 saturated heterocycles. The lowest BCUT2D eigenvalue weighted by Crippen LogP contribution is -2.12. The number of rotatable bonds is 8. The molecule has 1 amide bonds. The van der Waals surface area contributed by atoms with E-state index in [1.54, 1.807) is 25.3 Å². The van der Waals surface area contributed by atoms with Gasteiger partial charge in [-0.3, -0.25) is 9.48 Å². The van der Waals surface area contributed by atoms with Crippen molar-refractivity contribution >= 4 is 23.2 Å². The van der Waals surface area contributed by atoms with Crippen LogP contribution in [0.5, 0.6) is 11.5 Å². The van der Waals surface area contributed by atoms with Gasteiger partial charge in [0.1, 0.15) is 23.9 Å². The lowest BCUT2D eigenvalue weighted by Gasteiger charge is -2.09. The summed E-state index contributed by atoms with van der Waals surface area (Å²) >= 11 is 6.21. The summed E-state index contributed by atoms with van der Waals surface area (Å²) in [5.74, 6) is 1.74. The number of hydrogen-bond donors (Lipinski definition) is 1. The van der Waals surface area contributed by atoms with Gasteiger partial charge in [-0.25, -0.2) is 0 Å². The summed E-state index contributed by atoms with van der Waals surface area (Å²) in [6, 6.07) is 16.7. The van der Waals surface area contributed by atoms with Gasteiger partial charge in [-0.15, -0.1) is 0 Å². The van der Waals surface area contributed by atoms with Gasteiger partial charge in [-0.05, 0) is 62.2 Å². The molecule has 0 atom stereocenters. The molecule has 0 fully saturated rings. The van der Waals surface area contributed by atoms with Crippen molar-refractivity contribution in [3.63, 3.8) is 0 Å². The fraction of sp³-hybridized carbons (Fsp3) is 0.231. The summed E-state index contributed by atoms with van der Waals surface area (Å²) < 4.78 is 18.7. The topological polar surface area (TPSA) is 78.5 Å². The first-order valence-corrected chi connectivity index (χ1v) is 11.2. The highest BCUT2D eigenvalue weighted by Crippen LogP contribution is 2.29. The Morgan fingerprint density at radius 3 is 2.68 bits per heavy atom. The Bertz CT molecular complexity index is 1310. The molecular formula is C26H26ClN3O4. The molecule has 2 aromatic heterocycles. The number of furan rings is 1. The van der Waals surface area contributed by atoms with Gasteiger partial charge in [0.15, 0.2) is 5.76 Å². The van der Waals surface area contributed by atoms with Crippen molar-refractivity contribution in [2.45, 2.75) is 33.9 Å². The molecule has 4 aromatic rings. The van der Waals surface area contributed by atoms with Gasteiger partial charge in [0.2, 0.25) is 0 Å². The first-order chi connectivity index (χ1) is 16.4. The Kier molecular flexibility index (Phi) is 6.93. The second-order valence-electron chi connectivity index (χ2n) is 7.95. The van der Waals surface area contributed by atoms with Gasteiger partial charge in [-0.2, -0.15) is 5.10 Å². The maximum absolute atomic E-state index is 12.8. The number of aryl methyl sites for hydroxylation is 2. The number of ether oxygens (including phenoxy) is 2. The molecule has 0 aliphatic rings. The van der Waals surface area contributed by atoms with Crippen molar-refractivity contribution in [1.29, 1.82) is 0 Å². The predicted octanol–water partition coefficient (Wildman–Crippen LogP) is 5.94. The van der Waals surface area contributed by atoms with Crippen molar-refractivity contribution in [2.24, 2.45) is 0 Å². The first kappa shape index (κ1) is 23.4. The van der Waals surface area contributed by atoms with Crippen molar-refractivity contribution in [1.82, 2.24) is 9.78 Å². The van der Waals surface area contributed by atoms with E-state index in [1.165, 1.54) is 0 Å². The average Bonchev–Trinajstić information content (AvgIpc) is 3.39. The van der Waals surface area contributed by atoms with E-state index in [4.69, 9.17) is 25.5 Å². The third kappa shape index (κ3) is 5.10. The lowest BCUT2D eigenvalue weighted by molar-refractivity contribution is 0.0992. The molecule has 34 heavy (non-hydrogen) atoms. The number of benzene rings is 2. The Labute approximate surface area is 203 Å². The summed E-state index contributed by atoms with van der Waals surface area (Å²) in [7, 11) is 1.64. The van der Waals surface area contributed by atoms with Crippen LogP contribution < -0.4 is 14.8 Å². The fourth-order valence-corrected chi connectivity index (χ4v) is 3.95. The highest BCUT2D eigenvalue weighted by molar-refractivity contribution is 6.32. The van der Waals surface area contributed by atoms with Gasteiger partial charge < -0.3 is 19.2 Å². The third-order valence-corrected chi connectivity index (χ3v) is 5.79. The summed E-state index contributed by atoms with van der Waals surface area (Å²) in [5, 5.41) is 8.05. The number of amides is 1. The van der Waals surface area contributed by atoms with Crippen LogP contribution in [0.15, 0.2) is 59.0 Å². The normalized spacial score (nSPS) is 10.9. The SMILES string of the molecule is COc1cccc(Cn2nc(C)c(NC(=O)c3ccc(COc4c(C)cccc4Cl)o3)c2C)c1. The first-order valence-electron chi connectivity index (χ1n) is 10.8. The molecule has 0 bridgehead atoms. The second-order valence-corrected chi connectivity index (χ2v) is 8.36. The number of carbonyl (C=O) groups excluding carboxylic acids is 1. The van der Waals surface area contributed by atoms with Gasteiger partial charge >= 0.3 is 0 Å². The van der Waals surface area contributed by atoms with Crippen molar-refractivity contribution in [3.05, 3.63) is 93.7 Å². The minimum atomic E-state index is -0.354. The number of nitrogens with zero attached hydrogens (tertiary/aromatic N) is 2. The van der Waals surface area contributed by atoms with Crippen LogP contribution in [-0.4, -0.2) is 22.8 Å². The number of anilines is 1. The zero-order valence-electron chi connectivity index (χ0n) is 19.5. The largest absolute Gasteiger partial charge is 0.497 e. The highest BCUT2D eigenvalue weighted by atomic mass is 35.5. The molecule has 2 heterocycles. The molecule has 7 nitrogen and oxygen atoms in total. The number of halogens is 1. The zero-order valence-corrected chi connectivity index (χ0v) is 20.3. The number of methoxy groups -OCH3 is 1. The third-order valence-electron chi connectivity index (χ3n) is 5.49. The highest BCUT2D eigenvalue weighted by Gasteiger charge is 2.18. The van der Waals surface area contributed by atoms with Crippen molar-refractivity contribution in [3.8, 4) is 11.5 Å². The molecule has 0 spiro atoms. The summed E-state index contributed by atoms with van der Waals surface area (Å²) in [5.41, 5.74) is 4.20. The van der Waals surface area contributed by atoms with Crippen molar-refractivity contribution < 1.29 is 18.7 Å². The molecule has 0 saturated carbocycles. The maximum atomic E-state index is 12.8. The van der Waals surface area contributed by atoms with E-state index < -0.39 is 0 Å². The minimum Gasteiger partial charge on any atom is -0.497 e. The van der Waals surface area contributed by atoms with E-state index in [0.717, 1.165) is 28.3 Å². The number of nitrogens with one attached hydrogen (secondary N) is 1. The van der Waals surface area contributed by atoms with E-state index in [2.05, 4.69) is 10.4 Å². The van der Waals surface area contributed by atoms with Gasteiger partial charge in [0, 0.05) is 0 Å². The van der Waals surface area contributed by atoms with Crippen LogP contribution in [0.4, 0.5) is 5.69 Å². The number of hydrogen-bond acceptors (Lipinski definition) is 5. The van der Waals surface area contributed by atoms with E-state index in [-0.39, 0.29) is 18.3 Å². The standard InChI is InChI=1S/C26H26ClN3O4/c1-16-7-5-10-22(27)25(16)33-15-21-11-12-23(34-21)26(31)28-24-17(2)29-30(18(24)3)14-19-8-6-9-20(13-19)32-4/h5-13H,14-15H2,1-4H3,(H,28,31). The van der Waals surface area contributed by atoms with Crippen LogP contribution in [0, 0.1) is 20.8 Å². The molecule has 0 unspecified atom stereocenters. The second kappa shape index (κ2) is 10.1. The average molecular weight is 480 g/mol. The molecule has 0 aliphatic heterocycles. The Hall–Kier alpha value is -3.71. The Morgan fingerprint density at radius 2 is 1.91 bits per heavy atom. The molecule has 1 N–H and O–H groups in total. The minimum absolute atomic E-state index is 0.161. The lowest BCUT2D eigenvalue weighted by atomic mass is 10.2. The summed E-state index contributed by atoms with van der Waals surface area (Å²) in [4.78, 5) is 12.8. The van der Waals surface area contributed by atoms with Crippen LogP contribution >= 0.6 is 11.6 Å². The monoisotopic (exact) mass is 479 g/mol. The van der Waals surface area contributed by atoms with Crippen LogP contribution in [-0.2, 0) is 13.2 Å². The van der Waals surface area contributed by atoms with Crippen LogP contribution in [0.2, 0.25) is 5.02 Å². The van der Waals surface area contributed by atoms with Gasteiger partial charge in [0.25, 0.3) is 5.91 Å². The summed E-state index contributed by atoms with van der Waals surface area (Å²) in [6.45, 7) is 6.42. The van der Waals surface area contributed by atoms with Crippen LogP contribution in [0.25, 0.3) is 0 Å². The van der Waals surface area contributed by atoms with E-state index in [1.807, 2.05) is 61.9 Å². The molecule has 176 valence electrons. The van der Waals surface area contributed by atoms with Crippen molar-refractivity contribution in [2.75, 3.05) is 12.4 Å². The van der Waals surface area contributed by atoms with Crippen LogP contribution in [0.1, 0.15) is 38.8 Å². The van der Waals surface area contributed by atoms with E-state index in [9.17, 15) is 4.79 Å². The number of para-hydroxylation sites is 1. The zero-order chi connectivity index (χ0) is 24.2. The molecular weight excluding hydrogens is 454 g/mol. The fourth-order valence-electron chi connectivity index (χ4n) is 3.67. The van der Waals surface area contributed by atoms with Crippen LogP contribution in [0.3, 0.4) is 0 Å². The number of carbonyl (C=O) groups is 1. The molecule has 0 radical (unpaired) electrons. The quantitative estimate of drug-likeness (QED) is 0.338.